The van der Waals surface area contributed by atoms with Crippen molar-refractivity contribution < 1.29 is 9.63 Å². The molecule has 4 heteroatoms. The van der Waals surface area contributed by atoms with E-state index in [0.717, 1.165) is 57.0 Å². The molecule has 8 atom stereocenters. The molecule has 0 radical (unpaired) electrons. The number of hydrogen-bond donors (Lipinski definition) is 2. The van der Waals surface area contributed by atoms with Crippen molar-refractivity contribution in [2.45, 2.75) is 78.2 Å². The Morgan fingerprint density at radius 1 is 1.14 bits per heavy atom. The lowest BCUT2D eigenvalue weighted by Crippen LogP contribution is -2.55. The van der Waals surface area contributed by atoms with Crippen molar-refractivity contribution in [1.82, 2.24) is 10.8 Å². The summed E-state index contributed by atoms with van der Waals surface area (Å²) in [5, 5.41) is 3.37. The van der Waals surface area contributed by atoms with Crippen molar-refractivity contribution in [3.05, 3.63) is 11.8 Å². The molecule has 1 heterocycles. The highest BCUT2D eigenvalue weighted by molar-refractivity contribution is 5.87. The summed E-state index contributed by atoms with van der Waals surface area (Å²) in [5.41, 5.74) is 5.01. The maximum absolute atomic E-state index is 12.6. The Bertz CT molecular complexity index is 670. The number of nitrogens with one attached hydrogen (secondary N) is 2. The highest BCUT2D eigenvalue weighted by Gasteiger charge is 2.60. The molecule has 3 saturated carbocycles. The van der Waals surface area contributed by atoms with E-state index in [0.29, 0.717) is 35.1 Å². The van der Waals surface area contributed by atoms with Gasteiger partial charge in [-0.1, -0.05) is 26.8 Å². The van der Waals surface area contributed by atoms with Crippen LogP contribution in [0.2, 0.25) is 0 Å². The van der Waals surface area contributed by atoms with Gasteiger partial charge in [0.1, 0.15) is 5.78 Å². The second-order valence-electron chi connectivity index (χ2n) is 11.1. The molecule has 156 valence electrons. The van der Waals surface area contributed by atoms with E-state index < -0.39 is 0 Å². The molecular weight excluding hydrogens is 348 g/mol. The number of ketones is 1. The van der Waals surface area contributed by atoms with E-state index in [4.69, 9.17) is 4.84 Å². The number of carbonyl (C=O) groups excluding carboxylic acids is 1. The van der Waals surface area contributed by atoms with Gasteiger partial charge in [0.25, 0.3) is 0 Å². The first-order valence-electron chi connectivity index (χ1n) is 11.8. The lowest BCUT2D eigenvalue weighted by Gasteiger charge is -2.60. The van der Waals surface area contributed by atoms with Crippen LogP contribution in [0.1, 0.15) is 72.1 Å². The van der Waals surface area contributed by atoms with Crippen LogP contribution in [0.15, 0.2) is 11.8 Å². The van der Waals surface area contributed by atoms with E-state index in [1.54, 1.807) is 0 Å². The zero-order valence-electron chi connectivity index (χ0n) is 17.9. The van der Waals surface area contributed by atoms with Crippen molar-refractivity contribution >= 4 is 5.78 Å². The zero-order valence-corrected chi connectivity index (χ0v) is 17.9. The first-order chi connectivity index (χ1) is 13.4. The zero-order chi connectivity index (χ0) is 19.5. The summed E-state index contributed by atoms with van der Waals surface area (Å²) in [6, 6.07) is 0. The van der Waals surface area contributed by atoms with Gasteiger partial charge in [-0.25, -0.2) is 0 Å². The normalized spacial score (nSPS) is 50.5. The van der Waals surface area contributed by atoms with Gasteiger partial charge < -0.3 is 5.32 Å². The third-order valence-corrected chi connectivity index (χ3v) is 9.70. The SMILES string of the molecule is C[C@H]1C[C@@H]2[C@H](CC[C@]3(C)C(=O)CC[C@@H]23)[C@@]2(C)CCC(NOC3CCNC3)=CC12. The summed E-state index contributed by atoms with van der Waals surface area (Å²) < 4.78 is 0. The molecule has 1 saturated heterocycles. The monoisotopic (exact) mass is 386 g/mol. The number of hydrogen-bond acceptors (Lipinski definition) is 4. The van der Waals surface area contributed by atoms with E-state index >= 15 is 0 Å². The Hall–Kier alpha value is -0.870. The molecule has 4 aliphatic carbocycles. The molecule has 0 aromatic rings. The predicted molar refractivity (Wildman–Crippen MR) is 110 cm³/mol. The minimum absolute atomic E-state index is 0.00946. The molecule has 5 rings (SSSR count). The standard InChI is InChI=1S/C24H38N2O2/c1-15-12-18-19-4-5-22(27)24(19,3)10-7-20(18)23(2)9-6-16(13-21(15)23)26-28-17-8-11-25-14-17/h13,15,17-21,25-26H,4-12,14H2,1-3H3/t15-,17?,18-,19-,20-,21?,23+,24-/m0/s1. The minimum Gasteiger partial charge on any atom is -0.314 e. The number of rotatable bonds is 3. The van der Waals surface area contributed by atoms with E-state index in [-0.39, 0.29) is 5.41 Å². The Morgan fingerprint density at radius 2 is 2.00 bits per heavy atom. The number of carbonyl (C=O) groups is 1. The van der Waals surface area contributed by atoms with E-state index in [1.807, 2.05) is 0 Å². The first kappa shape index (κ1) is 19.1. The molecule has 2 unspecified atom stereocenters. The summed E-state index contributed by atoms with van der Waals surface area (Å²) >= 11 is 0. The maximum atomic E-state index is 12.6. The van der Waals surface area contributed by atoms with E-state index in [2.05, 4.69) is 37.6 Å². The number of fused-ring (bicyclic) bond motifs is 5. The fraction of sp³-hybridized carbons (Fsp3) is 0.875. The highest BCUT2D eigenvalue weighted by Crippen LogP contribution is 2.66. The van der Waals surface area contributed by atoms with Crippen LogP contribution in [0.5, 0.6) is 0 Å². The van der Waals surface area contributed by atoms with Gasteiger partial charge in [0.2, 0.25) is 0 Å². The molecule has 4 fully saturated rings. The topological polar surface area (TPSA) is 50.4 Å². The molecule has 0 bridgehead atoms. The van der Waals surface area contributed by atoms with Crippen LogP contribution >= 0.6 is 0 Å². The molecule has 1 aliphatic heterocycles. The molecule has 0 aromatic carbocycles. The summed E-state index contributed by atoms with van der Waals surface area (Å²) in [7, 11) is 0. The van der Waals surface area contributed by atoms with E-state index in [9.17, 15) is 4.79 Å². The highest BCUT2D eigenvalue weighted by atomic mass is 16.7. The van der Waals surface area contributed by atoms with Crippen LogP contribution in [0.4, 0.5) is 0 Å². The molecule has 5 aliphatic rings. The minimum atomic E-state index is -0.00946. The average molecular weight is 387 g/mol. The fourth-order valence-electron chi connectivity index (χ4n) is 8.06. The fourth-order valence-corrected chi connectivity index (χ4v) is 8.06. The van der Waals surface area contributed by atoms with Crippen molar-refractivity contribution in [2.75, 3.05) is 13.1 Å². The van der Waals surface area contributed by atoms with Crippen LogP contribution in [0.25, 0.3) is 0 Å². The van der Waals surface area contributed by atoms with Crippen molar-refractivity contribution in [2.24, 2.45) is 40.4 Å². The third-order valence-electron chi connectivity index (χ3n) is 9.70. The smallest absolute Gasteiger partial charge is 0.139 e. The van der Waals surface area contributed by atoms with Crippen LogP contribution < -0.4 is 10.8 Å². The van der Waals surface area contributed by atoms with E-state index in [1.165, 1.54) is 25.0 Å². The predicted octanol–water partition coefficient (Wildman–Crippen LogP) is 4.22. The lowest BCUT2D eigenvalue weighted by molar-refractivity contribution is -0.139. The molecule has 2 N–H and O–H groups in total. The van der Waals surface area contributed by atoms with Crippen LogP contribution in [0.3, 0.4) is 0 Å². The van der Waals surface area contributed by atoms with Gasteiger partial charge in [0, 0.05) is 24.1 Å². The Labute approximate surface area is 170 Å². The van der Waals surface area contributed by atoms with Gasteiger partial charge in [0.15, 0.2) is 0 Å². The quantitative estimate of drug-likeness (QED) is 0.713. The van der Waals surface area contributed by atoms with Gasteiger partial charge in [-0.15, -0.1) is 0 Å². The average Bonchev–Trinajstić information content (AvgIpc) is 3.29. The molecule has 0 aromatic heterocycles. The first-order valence-corrected chi connectivity index (χ1v) is 11.8. The largest absolute Gasteiger partial charge is 0.314 e. The van der Waals surface area contributed by atoms with Gasteiger partial charge in [-0.3, -0.25) is 15.1 Å². The van der Waals surface area contributed by atoms with Crippen molar-refractivity contribution in [1.29, 1.82) is 0 Å². The summed E-state index contributed by atoms with van der Waals surface area (Å²) in [6.45, 7) is 9.35. The number of allylic oxidation sites excluding steroid dienone is 2. The summed E-state index contributed by atoms with van der Waals surface area (Å²) in [6.07, 6.45) is 11.9. The molecule has 28 heavy (non-hydrogen) atoms. The third kappa shape index (κ3) is 2.81. The van der Waals surface area contributed by atoms with Crippen molar-refractivity contribution in [3.63, 3.8) is 0 Å². The molecule has 0 spiro atoms. The lowest BCUT2D eigenvalue weighted by atomic mass is 9.44. The molecule has 0 amide bonds. The van der Waals surface area contributed by atoms with Crippen LogP contribution in [-0.2, 0) is 9.63 Å². The van der Waals surface area contributed by atoms with Gasteiger partial charge in [0.05, 0.1) is 6.10 Å². The van der Waals surface area contributed by atoms with Crippen LogP contribution in [0, 0.1) is 40.4 Å². The van der Waals surface area contributed by atoms with Crippen molar-refractivity contribution in [3.8, 4) is 0 Å². The maximum Gasteiger partial charge on any atom is 0.139 e. The number of hydroxylamine groups is 1. The Balaban J connectivity index is 1.35. The van der Waals surface area contributed by atoms with Gasteiger partial charge in [-0.05, 0) is 86.5 Å². The summed E-state index contributed by atoms with van der Waals surface area (Å²) in [4.78, 5) is 18.6. The Kier molecular flexibility index (Phi) is 4.67. The molecular formula is C24H38N2O2. The number of Topliss-reactive ketones (excluding diaryl/α,β-unsaturated/α-hetero) is 1. The van der Waals surface area contributed by atoms with Gasteiger partial charge >= 0.3 is 0 Å². The molecule has 4 nitrogen and oxygen atoms in total. The second-order valence-corrected chi connectivity index (χ2v) is 11.1. The summed E-state index contributed by atoms with van der Waals surface area (Å²) in [5.74, 6) is 4.07. The van der Waals surface area contributed by atoms with Gasteiger partial charge in [-0.2, -0.15) is 0 Å². The Morgan fingerprint density at radius 3 is 2.79 bits per heavy atom. The van der Waals surface area contributed by atoms with Crippen LogP contribution in [-0.4, -0.2) is 25.0 Å². The second kappa shape index (κ2) is 6.84.